The van der Waals surface area contributed by atoms with Crippen molar-refractivity contribution in [3.8, 4) is 0 Å². The van der Waals surface area contributed by atoms with Gasteiger partial charge in [-0.15, -0.1) is 0 Å². The van der Waals surface area contributed by atoms with Gasteiger partial charge in [-0.25, -0.2) is 0 Å². The largest absolute Gasteiger partial charge is 0.392 e. The van der Waals surface area contributed by atoms with E-state index in [4.69, 9.17) is 4.74 Å². The van der Waals surface area contributed by atoms with Crippen molar-refractivity contribution in [3.63, 3.8) is 0 Å². The molecule has 88 valence electrons. The molecule has 1 rings (SSSR count). The Hall–Kier alpha value is -0.380. The third-order valence-electron chi connectivity index (χ3n) is 2.46. The molecule has 0 aromatic carbocycles. The first-order valence-corrected chi connectivity index (χ1v) is 5.83. The predicted octanol–water partition coefficient (Wildman–Crippen LogP) is 1.33. The normalized spacial score (nSPS) is 19.1. The van der Waals surface area contributed by atoms with Crippen LogP contribution in [0.4, 0.5) is 0 Å². The molecule has 1 unspecified atom stereocenters. The molecular formula is C12H23NO2. The van der Waals surface area contributed by atoms with Gasteiger partial charge in [-0.1, -0.05) is 19.9 Å². The number of nitrogens with one attached hydrogen (secondary N) is 1. The Labute approximate surface area is 92.5 Å². The molecule has 1 aliphatic rings. The Morgan fingerprint density at radius 2 is 2.33 bits per heavy atom. The molecule has 0 saturated carbocycles. The zero-order valence-corrected chi connectivity index (χ0v) is 9.83. The molecule has 0 radical (unpaired) electrons. The second-order valence-corrected chi connectivity index (χ2v) is 4.62. The third-order valence-corrected chi connectivity index (χ3v) is 2.46. The van der Waals surface area contributed by atoms with E-state index >= 15 is 0 Å². The first-order chi connectivity index (χ1) is 7.18. The highest BCUT2D eigenvalue weighted by Crippen LogP contribution is 2.05. The maximum absolute atomic E-state index is 9.64. The summed E-state index contributed by atoms with van der Waals surface area (Å²) >= 11 is 0. The van der Waals surface area contributed by atoms with Crippen LogP contribution in [-0.2, 0) is 4.74 Å². The van der Waals surface area contributed by atoms with Gasteiger partial charge in [0, 0.05) is 13.1 Å². The molecule has 0 aromatic heterocycles. The smallest absolute Gasteiger partial charge is 0.0689 e. The SMILES string of the molecule is CC(C)CC(O)CNCC1=CCCOC1. The molecule has 0 bridgehead atoms. The molecule has 15 heavy (non-hydrogen) atoms. The van der Waals surface area contributed by atoms with Gasteiger partial charge in [0.1, 0.15) is 0 Å². The van der Waals surface area contributed by atoms with Crippen LogP contribution in [0.15, 0.2) is 11.6 Å². The Morgan fingerprint density at radius 3 is 2.93 bits per heavy atom. The lowest BCUT2D eigenvalue weighted by Gasteiger charge is -2.17. The van der Waals surface area contributed by atoms with E-state index in [0.29, 0.717) is 12.5 Å². The summed E-state index contributed by atoms with van der Waals surface area (Å²) in [5.74, 6) is 0.555. The maximum Gasteiger partial charge on any atom is 0.0689 e. The standard InChI is InChI=1S/C12H23NO2/c1-10(2)6-12(14)8-13-7-11-4-3-5-15-9-11/h4,10,12-14H,3,5-9H2,1-2H3. The van der Waals surface area contributed by atoms with Crippen molar-refractivity contribution in [2.75, 3.05) is 26.3 Å². The van der Waals surface area contributed by atoms with Gasteiger partial charge in [0.05, 0.1) is 19.3 Å². The van der Waals surface area contributed by atoms with E-state index in [9.17, 15) is 5.11 Å². The summed E-state index contributed by atoms with van der Waals surface area (Å²) < 4.78 is 5.33. The molecule has 0 spiro atoms. The van der Waals surface area contributed by atoms with Crippen LogP contribution >= 0.6 is 0 Å². The molecule has 2 N–H and O–H groups in total. The molecule has 0 fully saturated rings. The first kappa shape index (κ1) is 12.7. The van der Waals surface area contributed by atoms with Crippen LogP contribution in [0.5, 0.6) is 0 Å². The van der Waals surface area contributed by atoms with Gasteiger partial charge >= 0.3 is 0 Å². The third kappa shape index (κ3) is 5.92. The molecule has 0 saturated heterocycles. The summed E-state index contributed by atoms with van der Waals surface area (Å²) in [7, 11) is 0. The van der Waals surface area contributed by atoms with Crippen molar-refractivity contribution in [3.05, 3.63) is 11.6 Å². The minimum Gasteiger partial charge on any atom is -0.392 e. The van der Waals surface area contributed by atoms with Crippen molar-refractivity contribution in [1.29, 1.82) is 0 Å². The lowest BCUT2D eigenvalue weighted by Crippen LogP contribution is -2.30. The highest BCUT2D eigenvalue weighted by molar-refractivity contribution is 5.06. The van der Waals surface area contributed by atoms with Gasteiger partial charge in [0.2, 0.25) is 0 Å². The topological polar surface area (TPSA) is 41.5 Å². The Morgan fingerprint density at radius 1 is 1.53 bits per heavy atom. The summed E-state index contributed by atoms with van der Waals surface area (Å²) in [5, 5.41) is 12.9. The van der Waals surface area contributed by atoms with Crippen molar-refractivity contribution >= 4 is 0 Å². The quantitative estimate of drug-likeness (QED) is 0.654. The second kappa shape index (κ2) is 6.99. The summed E-state index contributed by atoms with van der Waals surface area (Å²) in [4.78, 5) is 0. The summed E-state index contributed by atoms with van der Waals surface area (Å²) in [6, 6.07) is 0. The molecule has 3 nitrogen and oxygen atoms in total. The number of ether oxygens (including phenoxy) is 1. The van der Waals surface area contributed by atoms with Gasteiger partial charge in [0.25, 0.3) is 0 Å². The number of hydrogen-bond acceptors (Lipinski definition) is 3. The average molecular weight is 213 g/mol. The van der Waals surface area contributed by atoms with Crippen LogP contribution in [-0.4, -0.2) is 37.5 Å². The van der Waals surface area contributed by atoms with Crippen molar-refractivity contribution < 1.29 is 9.84 Å². The summed E-state index contributed by atoms with van der Waals surface area (Å²) in [6.45, 7) is 7.36. The van der Waals surface area contributed by atoms with Gasteiger partial charge in [-0.05, 0) is 24.3 Å². The first-order valence-electron chi connectivity index (χ1n) is 5.83. The summed E-state index contributed by atoms with van der Waals surface area (Å²) in [5.41, 5.74) is 1.30. The highest BCUT2D eigenvalue weighted by Gasteiger charge is 2.07. The lowest BCUT2D eigenvalue weighted by atomic mass is 10.1. The number of rotatable bonds is 6. The molecule has 1 heterocycles. The van der Waals surface area contributed by atoms with E-state index in [0.717, 1.165) is 32.6 Å². The van der Waals surface area contributed by atoms with Crippen molar-refractivity contribution in [2.45, 2.75) is 32.8 Å². The zero-order valence-electron chi connectivity index (χ0n) is 9.83. The predicted molar refractivity (Wildman–Crippen MR) is 61.9 cm³/mol. The van der Waals surface area contributed by atoms with Crippen LogP contribution in [0, 0.1) is 5.92 Å². The van der Waals surface area contributed by atoms with E-state index in [2.05, 4.69) is 25.2 Å². The van der Waals surface area contributed by atoms with Gasteiger partial charge in [0.15, 0.2) is 0 Å². The van der Waals surface area contributed by atoms with Crippen LogP contribution in [0.3, 0.4) is 0 Å². The van der Waals surface area contributed by atoms with E-state index in [1.54, 1.807) is 0 Å². The average Bonchev–Trinajstić information content (AvgIpc) is 2.18. The molecule has 0 amide bonds. The fraction of sp³-hybridized carbons (Fsp3) is 0.833. The minimum atomic E-state index is -0.227. The number of aliphatic hydroxyl groups excluding tert-OH is 1. The van der Waals surface area contributed by atoms with Gasteiger partial charge < -0.3 is 15.2 Å². The second-order valence-electron chi connectivity index (χ2n) is 4.62. The zero-order chi connectivity index (χ0) is 11.1. The lowest BCUT2D eigenvalue weighted by molar-refractivity contribution is 0.139. The number of hydrogen-bond donors (Lipinski definition) is 2. The van der Waals surface area contributed by atoms with E-state index in [-0.39, 0.29) is 6.10 Å². The van der Waals surface area contributed by atoms with E-state index < -0.39 is 0 Å². The van der Waals surface area contributed by atoms with Crippen LogP contribution < -0.4 is 5.32 Å². The highest BCUT2D eigenvalue weighted by atomic mass is 16.5. The summed E-state index contributed by atoms with van der Waals surface area (Å²) in [6.07, 6.45) is 3.88. The monoisotopic (exact) mass is 213 g/mol. The molecule has 3 heteroatoms. The van der Waals surface area contributed by atoms with Gasteiger partial charge in [-0.3, -0.25) is 0 Å². The molecule has 0 aromatic rings. The van der Waals surface area contributed by atoms with Crippen LogP contribution in [0.2, 0.25) is 0 Å². The Balaban J connectivity index is 2.07. The number of aliphatic hydroxyl groups is 1. The van der Waals surface area contributed by atoms with Crippen molar-refractivity contribution in [1.82, 2.24) is 5.32 Å². The van der Waals surface area contributed by atoms with Crippen molar-refractivity contribution in [2.24, 2.45) is 5.92 Å². The van der Waals surface area contributed by atoms with Crippen LogP contribution in [0.1, 0.15) is 26.7 Å². The molecular weight excluding hydrogens is 190 g/mol. The fourth-order valence-corrected chi connectivity index (χ4v) is 1.76. The molecule has 1 aliphatic heterocycles. The minimum absolute atomic E-state index is 0.227. The van der Waals surface area contributed by atoms with Gasteiger partial charge in [-0.2, -0.15) is 0 Å². The van der Waals surface area contributed by atoms with E-state index in [1.165, 1.54) is 5.57 Å². The molecule has 0 aliphatic carbocycles. The Bertz CT molecular complexity index is 202. The van der Waals surface area contributed by atoms with E-state index in [1.807, 2.05) is 0 Å². The molecule has 1 atom stereocenters. The Kier molecular flexibility index (Phi) is 5.91. The fourth-order valence-electron chi connectivity index (χ4n) is 1.76. The maximum atomic E-state index is 9.64. The van der Waals surface area contributed by atoms with Crippen LogP contribution in [0.25, 0.3) is 0 Å².